The Hall–Kier alpha value is -1.56. The van der Waals surface area contributed by atoms with Crippen LogP contribution < -0.4 is 10.1 Å². The largest absolute Gasteiger partial charge is 0.488 e. The maximum Gasteiger partial charge on any atom is 0.323 e. The summed E-state index contributed by atoms with van der Waals surface area (Å²) in [4.78, 5) is 11.6. The van der Waals surface area contributed by atoms with Crippen molar-refractivity contribution in [2.45, 2.75) is 37.8 Å². The van der Waals surface area contributed by atoms with Gasteiger partial charge in [-0.25, -0.2) is 0 Å². The number of esters is 1. The van der Waals surface area contributed by atoms with Crippen molar-refractivity contribution in [1.82, 2.24) is 5.32 Å². The summed E-state index contributed by atoms with van der Waals surface area (Å²) < 4.78 is 11.8. The van der Waals surface area contributed by atoms with Gasteiger partial charge in [0.25, 0.3) is 0 Å². The van der Waals surface area contributed by atoms with Crippen LogP contribution in [0.3, 0.4) is 0 Å². The van der Waals surface area contributed by atoms with Gasteiger partial charge in [-0.05, 0) is 39.2 Å². The van der Waals surface area contributed by atoms with Crippen molar-refractivity contribution in [3.63, 3.8) is 0 Å². The molecule has 2 aromatic carbocycles. The number of nitrogens with one attached hydrogen (secondary N) is 1. The molecular formula is C21H25BrClNO3. The Labute approximate surface area is 175 Å². The third-order valence-electron chi connectivity index (χ3n) is 5.02. The van der Waals surface area contributed by atoms with Crippen LogP contribution in [0.25, 0.3) is 0 Å². The maximum absolute atomic E-state index is 11.6. The highest BCUT2D eigenvalue weighted by molar-refractivity contribution is 9.10. The van der Waals surface area contributed by atoms with Crippen LogP contribution in [0.15, 0.2) is 53.0 Å². The van der Waals surface area contributed by atoms with Crippen LogP contribution in [-0.2, 0) is 14.9 Å². The second-order valence-corrected chi connectivity index (χ2v) is 7.95. The molecule has 0 spiro atoms. The maximum atomic E-state index is 11.6. The number of hydrogen-bond donors (Lipinski definition) is 1. The summed E-state index contributed by atoms with van der Waals surface area (Å²) in [5.41, 5.74) is 2.37. The molecule has 0 bridgehead atoms. The second kappa shape index (κ2) is 9.09. The summed E-state index contributed by atoms with van der Waals surface area (Å²) in [6.07, 6.45) is 0.555. The zero-order valence-electron chi connectivity index (χ0n) is 15.7. The van der Waals surface area contributed by atoms with E-state index in [-0.39, 0.29) is 35.9 Å². The fourth-order valence-electron chi connectivity index (χ4n) is 3.30. The number of ether oxygens (including phenoxy) is 2. The van der Waals surface area contributed by atoms with E-state index in [2.05, 4.69) is 71.5 Å². The third kappa shape index (κ3) is 4.84. The molecule has 0 amide bonds. The molecule has 0 radical (unpaired) electrons. The van der Waals surface area contributed by atoms with Crippen molar-refractivity contribution in [2.75, 3.05) is 13.7 Å². The van der Waals surface area contributed by atoms with Gasteiger partial charge in [0.05, 0.1) is 11.6 Å². The van der Waals surface area contributed by atoms with Gasteiger partial charge >= 0.3 is 5.97 Å². The zero-order valence-corrected chi connectivity index (χ0v) is 18.1. The quantitative estimate of drug-likeness (QED) is 0.677. The topological polar surface area (TPSA) is 47.6 Å². The Morgan fingerprint density at radius 1 is 1.15 bits per heavy atom. The molecule has 1 saturated heterocycles. The predicted octanol–water partition coefficient (Wildman–Crippen LogP) is 4.48. The van der Waals surface area contributed by atoms with E-state index in [9.17, 15) is 4.79 Å². The second-order valence-electron chi connectivity index (χ2n) is 7.10. The highest BCUT2D eigenvalue weighted by atomic mass is 79.9. The minimum Gasteiger partial charge on any atom is -0.488 e. The summed E-state index contributed by atoms with van der Waals surface area (Å²) in [5, 5.41) is 3.14. The molecule has 146 valence electrons. The molecule has 0 saturated carbocycles. The van der Waals surface area contributed by atoms with Gasteiger partial charge in [0, 0.05) is 18.4 Å². The first-order chi connectivity index (χ1) is 12.4. The van der Waals surface area contributed by atoms with E-state index >= 15 is 0 Å². The monoisotopic (exact) mass is 453 g/mol. The summed E-state index contributed by atoms with van der Waals surface area (Å²) in [6.45, 7) is 5.06. The minimum atomic E-state index is -0.292. The molecule has 1 fully saturated rings. The van der Waals surface area contributed by atoms with E-state index in [0.29, 0.717) is 13.0 Å². The molecule has 2 atom stereocenters. The average molecular weight is 455 g/mol. The Balaban J connectivity index is 0.00000261. The van der Waals surface area contributed by atoms with Crippen LogP contribution in [-0.4, -0.2) is 31.8 Å². The van der Waals surface area contributed by atoms with E-state index in [0.717, 1.165) is 10.2 Å². The number of halogens is 2. The molecule has 6 heteroatoms. The molecule has 4 nitrogen and oxygen atoms in total. The van der Waals surface area contributed by atoms with E-state index in [1.165, 1.54) is 18.2 Å². The smallest absolute Gasteiger partial charge is 0.323 e. The van der Waals surface area contributed by atoms with Gasteiger partial charge in [-0.2, -0.15) is 0 Å². The van der Waals surface area contributed by atoms with E-state index < -0.39 is 0 Å². The average Bonchev–Trinajstić information content (AvgIpc) is 3.12. The normalized spacial score (nSPS) is 19.3. The SMILES string of the molecule is COC(=O)[C@@H]1C[C@H](Oc2ccc(C(C)(C)c3ccccc3)cc2Br)CN1.Cl. The molecular weight excluding hydrogens is 430 g/mol. The molecule has 0 aliphatic carbocycles. The van der Waals surface area contributed by atoms with Crippen LogP contribution >= 0.6 is 28.3 Å². The van der Waals surface area contributed by atoms with Crippen LogP contribution in [0, 0.1) is 0 Å². The molecule has 27 heavy (non-hydrogen) atoms. The van der Waals surface area contributed by atoms with Crippen molar-refractivity contribution >= 4 is 34.3 Å². The number of carbonyl (C=O) groups is 1. The first-order valence-corrected chi connectivity index (χ1v) is 9.54. The van der Waals surface area contributed by atoms with Crippen molar-refractivity contribution in [2.24, 2.45) is 0 Å². The number of methoxy groups -OCH3 is 1. The summed E-state index contributed by atoms with van der Waals surface area (Å²) >= 11 is 3.64. The molecule has 1 aliphatic rings. The van der Waals surface area contributed by atoms with Gasteiger partial charge < -0.3 is 14.8 Å². The Morgan fingerprint density at radius 2 is 1.85 bits per heavy atom. The van der Waals surface area contributed by atoms with Gasteiger partial charge in [0.1, 0.15) is 17.9 Å². The van der Waals surface area contributed by atoms with E-state index in [1.807, 2.05) is 12.1 Å². The Morgan fingerprint density at radius 3 is 2.48 bits per heavy atom. The van der Waals surface area contributed by atoms with Crippen LogP contribution in [0.4, 0.5) is 0 Å². The number of rotatable bonds is 5. The van der Waals surface area contributed by atoms with Crippen LogP contribution in [0.2, 0.25) is 0 Å². The highest BCUT2D eigenvalue weighted by Crippen LogP contribution is 2.36. The summed E-state index contributed by atoms with van der Waals surface area (Å²) in [7, 11) is 1.40. The van der Waals surface area contributed by atoms with Crippen LogP contribution in [0.5, 0.6) is 5.75 Å². The lowest BCUT2D eigenvalue weighted by Crippen LogP contribution is -2.31. The molecule has 1 N–H and O–H groups in total. The molecule has 2 aromatic rings. The van der Waals surface area contributed by atoms with Crippen LogP contribution in [0.1, 0.15) is 31.4 Å². The first-order valence-electron chi connectivity index (χ1n) is 8.75. The lowest BCUT2D eigenvalue weighted by Gasteiger charge is -2.27. The minimum absolute atomic E-state index is 0. The van der Waals surface area contributed by atoms with Crippen molar-refractivity contribution in [3.05, 3.63) is 64.1 Å². The molecule has 0 aromatic heterocycles. The number of benzene rings is 2. The lowest BCUT2D eigenvalue weighted by atomic mass is 9.78. The number of hydrogen-bond acceptors (Lipinski definition) is 4. The molecule has 1 heterocycles. The van der Waals surface area contributed by atoms with Gasteiger partial charge in [0.15, 0.2) is 0 Å². The molecule has 3 rings (SSSR count). The van der Waals surface area contributed by atoms with Crippen molar-refractivity contribution in [1.29, 1.82) is 0 Å². The third-order valence-corrected chi connectivity index (χ3v) is 5.64. The summed E-state index contributed by atoms with van der Waals surface area (Å²) in [5.74, 6) is 0.546. The van der Waals surface area contributed by atoms with Gasteiger partial charge in [-0.3, -0.25) is 4.79 Å². The summed E-state index contributed by atoms with van der Waals surface area (Å²) in [6, 6.07) is 16.4. The predicted molar refractivity (Wildman–Crippen MR) is 113 cm³/mol. The zero-order chi connectivity index (χ0) is 18.7. The molecule has 0 unspecified atom stereocenters. The Bertz CT molecular complexity index is 782. The first kappa shape index (κ1) is 21.7. The van der Waals surface area contributed by atoms with Gasteiger partial charge in [0.2, 0.25) is 0 Å². The Kier molecular flexibility index (Phi) is 7.32. The van der Waals surface area contributed by atoms with Gasteiger partial charge in [-0.1, -0.05) is 50.2 Å². The highest BCUT2D eigenvalue weighted by Gasteiger charge is 2.32. The lowest BCUT2D eigenvalue weighted by molar-refractivity contribution is -0.142. The fourth-order valence-corrected chi connectivity index (χ4v) is 3.77. The van der Waals surface area contributed by atoms with E-state index in [4.69, 9.17) is 9.47 Å². The van der Waals surface area contributed by atoms with Crippen molar-refractivity contribution < 1.29 is 14.3 Å². The number of carbonyl (C=O) groups excluding carboxylic acids is 1. The fraction of sp³-hybridized carbons (Fsp3) is 0.381. The molecule has 1 aliphatic heterocycles. The van der Waals surface area contributed by atoms with Crippen molar-refractivity contribution in [3.8, 4) is 5.75 Å². The van der Waals surface area contributed by atoms with Gasteiger partial charge in [-0.15, -0.1) is 12.4 Å². The standard InChI is InChI=1S/C21H24BrNO3.ClH/c1-21(2,14-7-5-4-6-8-14)15-9-10-19(17(22)11-15)26-16-12-18(23-13-16)20(24)25-3;/h4-11,16,18,23H,12-13H2,1-3H3;1H/t16-,18-;/m0./s1. The van der Waals surface area contributed by atoms with E-state index in [1.54, 1.807) is 0 Å².